The second-order valence-electron chi connectivity index (χ2n) is 5.54. The van der Waals surface area contributed by atoms with Crippen molar-refractivity contribution < 1.29 is 5.11 Å². The van der Waals surface area contributed by atoms with Gasteiger partial charge in [-0.2, -0.15) is 5.10 Å². The van der Waals surface area contributed by atoms with Crippen LogP contribution in [-0.2, 0) is 6.54 Å². The summed E-state index contributed by atoms with van der Waals surface area (Å²) in [4.78, 5) is 0. The van der Waals surface area contributed by atoms with Crippen molar-refractivity contribution in [2.75, 3.05) is 6.61 Å². The molecule has 1 atom stereocenters. The zero-order valence-electron chi connectivity index (χ0n) is 13.1. The Bertz CT molecular complexity index is 563. The number of nitrogens with zero attached hydrogens (tertiary/aromatic N) is 2. The Hall–Kier alpha value is -1.65. The third-order valence-electron chi connectivity index (χ3n) is 3.86. The number of nitrogens with one attached hydrogen (secondary N) is 1. The Morgan fingerprint density at radius 2 is 1.95 bits per heavy atom. The van der Waals surface area contributed by atoms with Crippen molar-refractivity contribution in [1.82, 2.24) is 15.1 Å². The third-order valence-corrected chi connectivity index (χ3v) is 3.86. The molecule has 0 radical (unpaired) electrons. The molecule has 0 fully saturated rings. The Labute approximate surface area is 126 Å². The Kier molecular flexibility index (Phi) is 5.53. The van der Waals surface area contributed by atoms with E-state index in [2.05, 4.69) is 43.3 Å². The number of aromatic nitrogens is 2. The molecule has 1 heterocycles. The molecule has 4 heteroatoms. The van der Waals surface area contributed by atoms with Crippen LogP contribution in [0.3, 0.4) is 0 Å². The molecule has 0 spiro atoms. The van der Waals surface area contributed by atoms with Gasteiger partial charge in [-0.25, -0.2) is 4.68 Å². The molecule has 114 valence electrons. The largest absolute Gasteiger partial charge is 0.396 e. The minimum Gasteiger partial charge on any atom is -0.396 e. The van der Waals surface area contributed by atoms with Crippen LogP contribution in [0.1, 0.15) is 36.7 Å². The molecule has 0 bridgehead atoms. The highest BCUT2D eigenvalue weighted by Crippen LogP contribution is 2.17. The first-order chi connectivity index (χ1) is 10.1. The van der Waals surface area contributed by atoms with Gasteiger partial charge in [0.25, 0.3) is 0 Å². The van der Waals surface area contributed by atoms with Gasteiger partial charge >= 0.3 is 0 Å². The monoisotopic (exact) mass is 287 g/mol. The summed E-state index contributed by atoms with van der Waals surface area (Å²) < 4.78 is 2.00. The quantitative estimate of drug-likeness (QED) is 0.823. The molecule has 4 nitrogen and oxygen atoms in total. The van der Waals surface area contributed by atoms with Crippen molar-refractivity contribution in [1.29, 1.82) is 0 Å². The van der Waals surface area contributed by atoms with E-state index >= 15 is 0 Å². The maximum Gasteiger partial charge on any atom is 0.0648 e. The van der Waals surface area contributed by atoms with Crippen molar-refractivity contribution in [2.45, 2.75) is 46.2 Å². The molecule has 2 rings (SSSR count). The molecule has 0 saturated heterocycles. The number of aliphatic hydroxyl groups is 1. The predicted octanol–water partition coefficient (Wildman–Crippen LogP) is 2.74. The molecule has 1 aromatic heterocycles. The lowest BCUT2D eigenvalue weighted by Gasteiger charge is -2.13. The number of hydrogen-bond donors (Lipinski definition) is 2. The highest BCUT2D eigenvalue weighted by molar-refractivity contribution is 5.36. The molecule has 2 N–H and O–H groups in total. The van der Waals surface area contributed by atoms with E-state index in [1.54, 1.807) is 0 Å². The molecular formula is C17H25N3O. The normalized spacial score (nSPS) is 12.6. The minimum atomic E-state index is 0.260. The summed E-state index contributed by atoms with van der Waals surface area (Å²) in [5, 5.41) is 17.0. The van der Waals surface area contributed by atoms with E-state index in [-0.39, 0.29) is 6.61 Å². The van der Waals surface area contributed by atoms with Crippen LogP contribution < -0.4 is 5.32 Å². The van der Waals surface area contributed by atoms with Crippen LogP contribution in [-0.4, -0.2) is 27.5 Å². The standard InChI is InChI=1S/C17H25N3O/c1-13(8-7-11-21)18-12-17-14(2)19-20(15(17)3)16-9-5-4-6-10-16/h4-6,9-10,13,18,21H,7-8,11-12H2,1-3H3. The summed E-state index contributed by atoms with van der Waals surface area (Å²) in [6.45, 7) is 7.40. The first-order valence-electron chi connectivity index (χ1n) is 7.58. The maximum absolute atomic E-state index is 8.88. The summed E-state index contributed by atoms with van der Waals surface area (Å²) in [6.07, 6.45) is 1.83. The van der Waals surface area contributed by atoms with E-state index in [0.717, 1.165) is 30.8 Å². The zero-order chi connectivity index (χ0) is 15.2. The van der Waals surface area contributed by atoms with E-state index in [4.69, 9.17) is 5.11 Å². The average molecular weight is 287 g/mol. The molecule has 0 aliphatic heterocycles. The summed E-state index contributed by atoms with van der Waals surface area (Å²) >= 11 is 0. The van der Waals surface area contributed by atoms with Crippen LogP contribution in [0.2, 0.25) is 0 Å². The zero-order valence-corrected chi connectivity index (χ0v) is 13.1. The lowest BCUT2D eigenvalue weighted by Crippen LogP contribution is -2.26. The third kappa shape index (κ3) is 3.93. The average Bonchev–Trinajstić information content (AvgIpc) is 2.79. The van der Waals surface area contributed by atoms with Gasteiger partial charge < -0.3 is 10.4 Å². The molecule has 1 aromatic carbocycles. The van der Waals surface area contributed by atoms with Crippen molar-refractivity contribution in [3.05, 3.63) is 47.3 Å². The first kappa shape index (κ1) is 15.7. The number of aryl methyl sites for hydroxylation is 1. The molecule has 0 amide bonds. The summed E-state index contributed by atoms with van der Waals surface area (Å²) in [7, 11) is 0. The Morgan fingerprint density at radius 3 is 2.62 bits per heavy atom. The van der Waals surface area contributed by atoms with Gasteiger partial charge in [-0.05, 0) is 45.7 Å². The van der Waals surface area contributed by atoms with Gasteiger partial charge in [0.1, 0.15) is 0 Å². The molecule has 1 unspecified atom stereocenters. The van der Waals surface area contributed by atoms with Crippen LogP contribution in [0.4, 0.5) is 0 Å². The van der Waals surface area contributed by atoms with Crippen LogP contribution in [0, 0.1) is 13.8 Å². The molecule has 21 heavy (non-hydrogen) atoms. The summed E-state index contributed by atoms with van der Waals surface area (Å²) in [5.74, 6) is 0. The van der Waals surface area contributed by atoms with Crippen LogP contribution in [0.15, 0.2) is 30.3 Å². The topological polar surface area (TPSA) is 50.1 Å². The fraction of sp³-hybridized carbons (Fsp3) is 0.471. The predicted molar refractivity (Wildman–Crippen MR) is 85.7 cm³/mol. The number of hydrogen-bond acceptors (Lipinski definition) is 3. The van der Waals surface area contributed by atoms with Gasteiger partial charge in [0.2, 0.25) is 0 Å². The van der Waals surface area contributed by atoms with Crippen LogP contribution >= 0.6 is 0 Å². The van der Waals surface area contributed by atoms with Gasteiger partial charge in [0.05, 0.1) is 11.4 Å². The summed E-state index contributed by atoms with van der Waals surface area (Å²) in [6, 6.07) is 10.6. The molecule has 0 aliphatic rings. The molecule has 0 aliphatic carbocycles. The lowest BCUT2D eigenvalue weighted by molar-refractivity contribution is 0.276. The molecular weight excluding hydrogens is 262 g/mol. The smallest absolute Gasteiger partial charge is 0.0648 e. The fourth-order valence-electron chi connectivity index (χ4n) is 2.53. The van der Waals surface area contributed by atoms with Gasteiger partial charge in [0.15, 0.2) is 0 Å². The van der Waals surface area contributed by atoms with Gasteiger partial charge in [-0.3, -0.25) is 0 Å². The van der Waals surface area contributed by atoms with Crippen molar-refractivity contribution in [3.63, 3.8) is 0 Å². The second kappa shape index (κ2) is 7.38. The first-order valence-corrected chi connectivity index (χ1v) is 7.58. The van der Waals surface area contributed by atoms with E-state index < -0.39 is 0 Å². The number of para-hydroxylation sites is 1. The van der Waals surface area contributed by atoms with E-state index in [1.807, 2.05) is 22.9 Å². The fourth-order valence-corrected chi connectivity index (χ4v) is 2.53. The van der Waals surface area contributed by atoms with Crippen LogP contribution in [0.5, 0.6) is 0 Å². The van der Waals surface area contributed by atoms with Crippen molar-refractivity contribution >= 4 is 0 Å². The van der Waals surface area contributed by atoms with Gasteiger partial charge in [-0.15, -0.1) is 0 Å². The van der Waals surface area contributed by atoms with Crippen molar-refractivity contribution in [3.8, 4) is 5.69 Å². The molecule has 0 saturated carbocycles. The number of rotatable bonds is 7. The lowest BCUT2D eigenvalue weighted by atomic mass is 10.1. The highest BCUT2D eigenvalue weighted by Gasteiger charge is 2.13. The minimum absolute atomic E-state index is 0.260. The summed E-state index contributed by atoms with van der Waals surface area (Å²) in [5.41, 5.74) is 4.60. The Morgan fingerprint density at radius 1 is 1.24 bits per heavy atom. The van der Waals surface area contributed by atoms with Crippen molar-refractivity contribution in [2.24, 2.45) is 0 Å². The maximum atomic E-state index is 8.88. The van der Waals surface area contributed by atoms with Crippen LogP contribution in [0.25, 0.3) is 5.69 Å². The Balaban J connectivity index is 2.09. The van der Waals surface area contributed by atoms with E-state index in [1.165, 1.54) is 11.3 Å². The van der Waals surface area contributed by atoms with E-state index in [0.29, 0.717) is 6.04 Å². The second-order valence-corrected chi connectivity index (χ2v) is 5.54. The molecule has 2 aromatic rings. The number of aliphatic hydroxyl groups excluding tert-OH is 1. The SMILES string of the molecule is Cc1nn(-c2ccccc2)c(C)c1CNC(C)CCCO. The highest BCUT2D eigenvalue weighted by atomic mass is 16.2. The van der Waals surface area contributed by atoms with Gasteiger partial charge in [0, 0.05) is 30.5 Å². The van der Waals surface area contributed by atoms with Gasteiger partial charge in [-0.1, -0.05) is 18.2 Å². The van der Waals surface area contributed by atoms with E-state index in [9.17, 15) is 0 Å². The number of benzene rings is 1.